The molecule has 1 aliphatic heterocycles. The Labute approximate surface area is 101 Å². The maximum Gasteiger partial charge on any atom is 0.323 e. The van der Waals surface area contributed by atoms with Crippen molar-refractivity contribution in [3.63, 3.8) is 0 Å². The molecule has 1 saturated heterocycles. The second-order valence-corrected chi connectivity index (χ2v) is 4.16. The van der Waals surface area contributed by atoms with Crippen LogP contribution in [-0.4, -0.2) is 23.7 Å². The van der Waals surface area contributed by atoms with Gasteiger partial charge in [0.15, 0.2) is 0 Å². The van der Waals surface area contributed by atoms with Crippen LogP contribution < -0.4 is 5.32 Å². The van der Waals surface area contributed by atoms with Crippen LogP contribution in [0.2, 0.25) is 0 Å². The van der Waals surface area contributed by atoms with Crippen molar-refractivity contribution in [1.82, 2.24) is 5.32 Å². The van der Waals surface area contributed by atoms with E-state index in [4.69, 9.17) is 4.74 Å². The van der Waals surface area contributed by atoms with Gasteiger partial charge in [0, 0.05) is 11.6 Å². The molecule has 17 heavy (non-hydrogen) atoms. The van der Waals surface area contributed by atoms with Crippen LogP contribution in [0.1, 0.15) is 31.4 Å². The number of hydrogen-bond acceptors (Lipinski definition) is 4. The molecule has 1 heterocycles. The first kappa shape index (κ1) is 11.9. The van der Waals surface area contributed by atoms with Gasteiger partial charge in [-0.15, -0.1) is 0 Å². The Balaban J connectivity index is 2.03. The maximum atomic E-state index is 11.6. The average Bonchev–Trinajstić information content (AvgIpc) is 2.79. The van der Waals surface area contributed by atoms with Gasteiger partial charge in [-0.2, -0.15) is 0 Å². The van der Waals surface area contributed by atoms with Crippen LogP contribution in [0.3, 0.4) is 0 Å². The van der Waals surface area contributed by atoms with Crippen molar-refractivity contribution in [3.05, 3.63) is 29.8 Å². The van der Waals surface area contributed by atoms with Crippen molar-refractivity contribution in [2.75, 3.05) is 6.61 Å². The van der Waals surface area contributed by atoms with E-state index in [9.17, 15) is 9.90 Å². The van der Waals surface area contributed by atoms with Crippen molar-refractivity contribution < 1.29 is 14.6 Å². The molecule has 0 spiro atoms. The van der Waals surface area contributed by atoms with Crippen LogP contribution >= 0.6 is 0 Å². The van der Waals surface area contributed by atoms with Crippen LogP contribution in [0.25, 0.3) is 0 Å². The fourth-order valence-corrected chi connectivity index (χ4v) is 2.20. The first-order valence-corrected chi connectivity index (χ1v) is 5.93. The summed E-state index contributed by atoms with van der Waals surface area (Å²) in [4.78, 5) is 11.6. The molecule has 0 bridgehead atoms. The summed E-state index contributed by atoms with van der Waals surface area (Å²) in [7, 11) is 0. The largest absolute Gasteiger partial charge is 0.508 e. The Morgan fingerprint density at radius 2 is 2.24 bits per heavy atom. The minimum atomic E-state index is -0.250. The molecule has 1 aromatic carbocycles. The van der Waals surface area contributed by atoms with Gasteiger partial charge in [0.2, 0.25) is 0 Å². The van der Waals surface area contributed by atoms with E-state index in [2.05, 4.69) is 5.32 Å². The van der Waals surface area contributed by atoms with Gasteiger partial charge in [-0.3, -0.25) is 10.1 Å². The number of aromatic hydroxyl groups is 1. The van der Waals surface area contributed by atoms with Gasteiger partial charge >= 0.3 is 5.97 Å². The van der Waals surface area contributed by atoms with Crippen molar-refractivity contribution in [2.24, 2.45) is 0 Å². The van der Waals surface area contributed by atoms with E-state index in [1.54, 1.807) is 19.1 Å². The fraction of sp³-hybridized carbons (Fsp3) is 0.462. The lowest BCUT2D eigenvalue weighted by molar-refractivity contribution is -0.145. The summed E-state index contributed by atoms with van der Waals surface area (Å²) in [5, 5.41) is 12.9. The van der Waals surface area contributed by atoms with Gasteiger partial charge in [0.25, 0.3) is 0 Å². The molecule has 1 aliphatic rings. The minimum Gasteiger partial charge on any atom is -0.508 e. The number of esters is 1. The topological polar surface area (TPSA) is 58.6 Å². The second-order valence-electron chi connectivity index (χ2n) is 4.16. The van der Waals surface area contributed by atoms with Gasteiger partial charge in [-0.05, 0) is 25.8 Å². The summed E-state index contributed by atoms with van der Waals surface area (Å²) < 4.78 is 4.98. The highest BCUT2D eigenvalue weighted by Gasteiger charge is 2.31. The van der Waals surface area contributed by atoms with E-state index in [1.807, 2.05) is 12.1 Å². The molecule has 1 fully saturated rings. The number of carbonyl (C=O) groups is 1. The first-order valence-electron chi connectivity index (χ1n) is 5.93. The third kappa shape index (κ3) is 2.58. The van der Waals surface area contributed by atoms with E-state index in [1.165, 1.54) is 0 Å². The first-order chi connectivity index (χ1) is 8.22. The van der Waals surface area contributed by atoms with Gasteiger partial charge in [0.1, 0.15) is 11.8 Å². The summed E-state index contributed by atoms with van der Waals surface area (Å²) in [6.45, 7) is 2.20. The molecule has 2 rings (SSSR count). The standard InChI is InChI=1S/C13H17NO3/c1-2-17-13(16)11-8-7-10(14-11)9-5-3-4-6-12(9)15/h3-6,10-11,14-15H,2,7-8H2,1H3/t10-,11+/m1/s1. The maximum absolute atomic E-state index is 11.6. The van der Waals surface area contributed by atoms with Gasteiger partial charge in [-0.25, -0.2) is 0 Å². The molecule has 0 aliphatic carbocycles. The molecule has 2 atom stereocenters. The summed E-state index contributed by atoms with van der Waals surface area (Å²) in [5.74, 6) is 0.0694. The molecule has 0 radical (unpaired) electrons. The summed E-state index contributed by atoms with van der Waals surface area (Å²) in [5.41, 5.74) is 0.847. The lowest BCUT2D eigenvalue weighted by atomic mass is 10.0. The Morgan fingerprint density at radius 3 is 2.94 bits per heavy atom. The van der Waals surface area contributed by atoms with Gasteiger partial charge in [-0.1, -0.05) is 18.2 Å². The number of rotatable bonds is 3. The third-order valence-electron chi connectivity index (χ3n) is 3.03. The number of nitrogens with one attached hydrogen (secondary N) is 1. The van der Waals surface area contributed by atoms with Crippen LogP contribution in [0.5, 0.6) is 5.75 Å². The highest BCUT2D eigenvalue weighted by Crippen LogP contribution is 2.32. The molecule has 92 valence electrons. The van der Waals surface area contributed by atoms with Crippen molar-refractivity contribution in [3.8, 4) is 5.75 Å². The van der Waals surface area contributed by atoms with Crippen molar-refractivity contribution in [2.45, 2.75) is 31.8 Å². The third-order valence-corrected chi connectivity index (χ3v) is 3.03. The van der Waals surface area contributed by atoms with E-state index in [0.717, 1.165) is 18.4 Å². The van der Waals surface area contributed by atoms with E-state index >= 15 is 0 Å². The van der Waals surface area contributed by atoms with Crippen LogP contribution in [0.4, 0.5) is 0 Å². The number of phenols is 1. The number of hydrogen-bond donors (Lipinski definition) is 2. The van der Waals surface area contributed by atoms with Crippen LogP contribution in [0.15, 0.2) is 24.3 Å². The molecule has 1 aromatic rings. The number of benzene rings is 1. The Bertz CT molecular complexity index is 405. The lowest BCUT2D eigenvalue weighted by Gasteiger charge is -2.14. The average molecular weight is 235 g/mol. The molecular weight excluding hydrogens is 218 g/mol. The zero-order valence-electron chi connectivity index (χ0n) is 9.85. The number of para-hydroxylation sites is 1. The van der Waals surface area contributed by atoms with Crippen molar-refractivity contribution >= 4 is 5.97 Å². The highest BCUT2D eigenvalue weighted by molar-refractivity contribution is 5.76. The van der Waals surface area contributed by atoms with E-state index < -0.39 is 0 Å². The molecular formula is C13H17NO3. The molecule has 4 heteroatoms. The summed E-state index contributed by atoms with van der Waals surface area (Å²) in [6.07, 6.45) is 1.58. The van der Waals surface area contributed by atoms with Gasteiger partial charge < -0.3 is 9.84 Å². The SMILES string of the molecule is CCOC(=O)[C@@H]1CC[C@H](c2ccccc2O)N1. The Morgan fingerprint density at radius 1 is 1.47 bits per heavy atom. The Hall–Kier alpha value is -1.55. The lowest BCUT2D eigenvalue weighted by Crippen LogP contribution is -2.33. The monoisotopic (exact) mass is 235 g/mol. The fourth-order valence-electron chi connectivity index (χ4n) is 2.20. The molecule has 4 nitrogen and oxygen atoms in total. The Kier molecular flexibility index (Phi) is 3.64. The highest BCUT2D eigenvalue weighted by atomic mass is 16.5. The second kappa shape index (κ2) is 5.19. The molecule has 0 aromatic heterocycles. The van der Waals surface area contributed by atoms with E-state index in [-0.39, 0.29) is 23.8 Å². The minimum absolute atomic E-state index is 0.0330. The van der Waals surface area contributed by atoms with Crippen molar-refractivity contribution in [1.29, 1.82) is 0 Å². The van der Waals surface area contributed by atoms with Gasteiger partial charge in [0.05, 0.1) is 6.61 Å². The van der Waals surface area contributed by atoms with Crippen LogP contribution in [0, 0.1) is 0 Å². The predicted octanol–water partition coefficient (Wildman–Crippen LogP) is 1.75. The molecule has 0 amide bonds. The predicted molar refractivity (Wildman–Crippen MR) is 63.6 cm³/mol. The van der Waals surface area contributed by atoms with E-state index in [0.29, 0.717) is 6.61 Å². The molecule has 2 N–H and O–H groups in total. The zero-order chi connectivity index (χ0) is 12.3. The number of phenolic OH excluding ortho intramolecular Hbond substituents is 1. The molecule has 0 saturated carbocycles. The number of ether oxygens (including phenoxy) is 1. The smallest absolute Gasteiger partial charge is 0.323 e. The summed E-state index contributed by atoms with van der Waals surface area (Å²) in [6, 6.07) is 6.99. The summed E-state index contributed by atoms with van der Waals surface area (Å²) >= 11 is 0. The van der Waals surface area contributed by atoms with Crippen LogP contribution in [-0.2, 0) is 9.53 Å². The quantitative estimate of drug-likeness (QED) is 0.784. The normalized spacial score (nSPS) is 23.6. The number of carbonyl (C=O) groups excluding carboxylic acids is 1. The molecule has 0 unspecified atom stereocenters. The zero-order valence-corrected chi connectivity index (χ0v) is 9.85.